The third-order valence-corrected chi connectivity index (χ3v) is 5.93. The molecule has 6 nitrogen and oxygen atoms in total. The molecule has 4 atom stereocenters. The zero-order valence-electron chi connectivity index (χ0n) is 14.6. The molecule has 0 spiro atoms. The Morgan fingerprint density at radius 3 is 2.64 bits per heavy atom. The highest BCUT2D eigenvalue weighted by atomic mass is 16.5. The van der Waals surface area contributed by atoms with Crippen molar-refractivity contribution in [1.29, 1.82) is 0 Å². The van der Waals surface area contributed by atoms with Gasteiger partial charge in [0.25, 0.3) is 0 Å². The third-order valence-electron chi connectivity index (χ3n) is 5.93. The zero-order valence-corrected chi connectivity index (χ0v) is 14.6. The van der Waals surface area contributed by atoms with E-state index in [-0.39, 0.29) is 23.7 Å². The maximum absolute atomic E-state index is 12.7. The molecule has 6 heteroatoms. The largest absolute Gasteiger partial charge is 0.381 e. The highest BCUT2D eigenvalue weighted by Crippen LogP contribution is 2.52. The van der Waals surface area contributed by atoms with Gasteiger partial charge >= 0.3 is 0 Å². The molecule has 1 aromatic rings. The molecule has 1 aliphatic carbocycles. The van der Waals surface area contributed by atoms with Gasteiger partial charge in [0, 0.05) is 51.6 Å². The molecule has 25 heavy (non-hydrogen) atoms. The van der Waals surface area contributed by atoms with Gasteiger partial charge in [-0.25, -0.2) is 0 Å². The van der Waals surface area contributed by atoms with Crippen molar-refractivity contribution in [2.45, 2.75) is 12.8 Å². The maximum atomic E-state index is 12.7. The monoisotopic (exact) mass is 343 g/mol. The maximum Gasteiger partial charge on any atom is 0.228 e. The van der Waals surface area contributed by atoms with Gasteiger partial charge in [0.1, 0.15) is 0 Å². The van der Waals surface area contributed by atoms with Crippen LogP contribution in [0.3, 0.4) is 0 Å². The second kappa shape index (κ2) is 6.75. The Bertz CT molecular complexity index is 633. The van der Waals surface area contributed by atoms with Gasteiger partial charge in [-0.05, 0) is 42.4 Å². The topological polar surface area (TPSA) is 62.7 Å². The SMILES string of the molecule is CN(CCc1ccncc1)C(=O)C1[C@H]2CN(C(=O)C3CCOC3)C[C@@H]12. The van der Waals surface area contributed by atoms with Gasteiger partial charge in [-0.1, -0.05) is 0 Å². The molecule has 134 valence electrons. The number of ether oxygens (including phenoxy) is 1. The number of carbonyl (C=O) groups excluding carboxylic acids is 2. The molecule has 0 bridgehead atoms. The molecule has 0 aromatic carbocycles. The number of rotatable bonds is 5. The van der Waals surface area contributed by atoms with E-state index in [0.717, 1.165) is 32.5 Å². The van der Waals surface area contributed by atoms with Crippen LogP contribution in [-0.4, -0.2) is 66.5 Å². The molecule has 4 rings (SSSR count). The lowest BCUT2D eigenvalue weighted by Crippen LogP contribution is -2.39. The predicted octanol–water partition coefficient (Wildman–Crippen LogP) is 0.823. The molecule has 0 radical (unpaired) electrons. The fourth-order valence-electron chi connectivity index (χ4n) is 4.27. The Kier molecular flexibility index (Phi) is 4.46. The van der Waals surface area contributed by atoms with E-state index in [2.05, 4.69) is 4.98 Å². The van der Waals surface area contributed by atoms with Crippen LogP contribution in [-0.2, 0) is 20.7 Å². The quantitative estimate of drug-likeness (QED) is 0.794. The Balaban J connectivity index is 1.25. The Morgan fingerprint density at radius 2 is 2.00 bits per heavy atom. The van der Waals surface area contributed by atoms with Gasteiger partial charge in [0.15, 0.2) is 0 Å². The van der Waals surface area contributed by atoms with Gasteiger partial charge in [-0.15, -0.1) is 0 Å². The summed E-state index contributed by atoms with van der Waals surface area (Å²) in [6.45, 7) is 3.47. The predicted molar refractivity (Wildman–Crippen MR) is 91.6 cm³/mol. The molecule has 2 saturated heterocycles. The standard InChI is InChI=1S/C19H25N3O3/c1-21(8-4-13-2-6-20-7-3-13)19(24)17-15-10-22(11-16(15)17)18(23)14-5-9-25-12-14/h2-3,6-7,14-17H,4-5,8-12H2,1H3/t14?,15-,16+,17?. The number of aromatic nitrogens is 1. The van der Waals surface area contributed by atoms with Crippen molar-refractivity contribution in [1.82, 2.24) is 14.8 Å². The molecule has 0 N–H and O–H groups in total. The lowest BCUT2D eigenvalue weighted by Gasteiger charge is -2.24. The van der Waals surface area contributed by atoms with E-state index in [9.17, 15) is 9.59 Å². The van der Waals surface area contributed by atoms with Gasteiger partial charge in [0.2, 0.25) is 11.8 Å². The molecule has 2 amide bonds. The minimum absolute atomic E-state index is 0.0367. The summed E-state index contributed by atoms with van der Waals surface area (Å²) >= 11 is 0. The molecular formula is C19H25N3O3. The second-order valence-electron chi connectivity index (χ2n) is 7.52. The summed E-state index contributed by atoms with van der Waals surface area (Å²) in [6.07, 6.45) is 5.25. The van der Waals surface area contributed by atoms with Crippen LogP contribution in [0.15, 0.2) is 24.5 Å². The number of likely N-dealkylation sites (N-methyl/N-ethyl adjacent to an activating group) is 1. The summed E-state index contributed by atoms with van der Waals surface area (Å²) in [6, 6.07) is 3.97. The van der Waals surface area contributed by atoms with Crippen LogP contribution in [0.1, 0.15) is 12.0 Å². The number of hydrogen-bond donors (Lipinski definition) is 0. The molecule has 1 saturated carbocycles. The van der Waals surface area contributed by atoms with Gasteiger partial charge in [-0.2, -0.15) is 0 Å². The molecule has 1 aromatic heterocycles. The minimum atomic E-state index is 0.0367. The van der Waals surface area contributed by atoms with Crippen molar-refractivity contribution in [3.63, 3.8) is 0 Å². The van der Waals surface area contributed by atoms with Crippen LogP contribution in [0.2, 0.25) is 0 Å². The summed E-state index contributed by atoms with van der Waals surface area (Å²) < 4.78 is 5.32. The van der Waals surface area contributed by atoms with Crippen molar-refractivity contribution in [2.24, 2.45) is 23.7 Å². The molecule has 3 fully saturated rings. The number of carbonyl (C=O) groups is 2. The number of likely N-dealkylation sites (tertiary alicyclic amines) is 1. The first kappa shape index (κ1) is 16.5. The van der Waals surface area contributed by atoms with E-state index in [4.69, 9.17) is 4.74 Å². The van der Waals surface area contributed by atoms with Crippen LogP contribution < -0.4 is 0 Å². The minimum Gasteiger partial charge on any atom is -0.381 e. The fraction of sp³-hybridized carbons (Fsp3) is 0.632. The van der Waals surface area contributed by atoms with E-state index in [1.807, 2.05) is 29.0 Å². The van der Waals surface area contributed by atoms with Crippen molar-refractivity contribution >= 4 is 11.8 Å². The summed E-state index contributed by atoms with van der Waals surface area (Å²) in [7, 11) is 1.89. The van der Waals surface area contributed by atoms with Gasteiger partial charge < -0.3 is 14.5 Å². The average molecular weight is 343 g/mol. The number of piperidine rings is 1. The van der Waals surface area contributed by atoms with E-state index < -0.39 is 0 Å². The van der Waals surface area contributed by atoms with Crippen LogP contribution in [0, 0.1) is 23.7 Å². The summed E-state index contributed by atoms with van der Waals surface area (Å²) in [4.78, 5) is 32.9. The fourth-order valence-corrected chi connectivity index (χ4v) is 4.27. The molecular weight excluding hydrogens is 318 g/mol. The number of amides is 2. The number of fused-ring (bicyclic) bond motifs is 1. The van der Waals surface area contributed by atoms with Crippen molar-refractivity contribution in [3.05, 3.63) is 30.1 Å². The lowest BCUT2D eigenvalue weighted by molar-refractivity contribution is -0.137. The number of nitrogens with zero attached hydrogens (tertiary/aromatic N) is 3. The zero-order chi connectivity index (χ0) is 17.4. The average Bonchev–Trinajstić information content (AvgIpc) is 3.05. The highest BCUT2D eigenvalue weighted by molar-refractivity contribution is 5.84. The lowest BCUT2D eigenvalue weighted by atomic mass is 10.1. The van der Waals surface area contributed by atoms with E-state index in [1.54, 1.807) is 12.4 Å². The van der Waals surface area contributed by atoms with Crippen LogP contribution in [0.25, 0.3) is 0 Å². The normalized spacial score (nSPS) is 30.2. The summed E-state index contributed by atoms with van der Waals surface area (Å²) in [5, 5.41) is 0. The van der Waals surface area contributed by atoms with Crippen molar-refractivity contribution in [2.75, 3.05) is 39.9 Å². The summed E-state index contributed by atoms with van der Waals surface area (Å²) in [5.41, 5.74) is 1.20. The molecule has 2 aliphatic heterocycles. The second-order valence-corrected chi connectivity index (χ2v) is 7.52. The van der Waals surface area contributed by atoms with Crippen LogP contribution in [0.4, 0.5) is 0 Å². The molecule has 3 heterocycles. The summed E-state index contributed by atoms with van der Waals surface area (Å²) in [5.74, 6) is 1.34. The third kappa shape index (κ3) is 3.27. The Labute approximate surface area is 148 Å². The Morgan fingerprint density at radius 1 is 1.28 bits per heavy atom. The van der Waals surface area contributed by atoms with Gasteiger partial charge in [0.05, 0.1) is 12.5 Å². The Hall–Kier alpha value is -1.95. The number of pyridine rings is 1. The van der Waals surface area contributed by atoms with E-state index >= 15 is 0 Å². The van der Waals surface area contributed by atoms with Gasteiger partial charge in [-0.3, -0.25) is 14.6 Å². The number of hydrogen-bond acceptors (Lipinski definition) is 4. The first-order valence-electron chi connectivity index (χ1n) is 9.15. The van der Waals surface area contributed by atoms with E-state index in [1.165, 1.54) is 5.56 Å². The molecule has 2 unspecified atom stereocenters. The van der Waals surface area contributed by atoms with Crippen LogP contribution in [0.5, 0.6) is 0 Å². The highest BCUT2D eigenvalue weighted by Gasteiger charge is 2.61. The first-order valence-corrected chi connectivity index (χ1v) is 9.15. The molecule has 3 aliphatic rings. The first-order chi connectivity index (χ1) is 12.1. The van der Waals surface area contributed by atoms with Crippen molar-refractivity contribution in [3.8, 4) is 0 Å². The van der Waals surface area contributed by atoms with Crippen molar-refractivity contribution < 1.29 is 14.3 Å². The smallest absolute Gasteiger partial charge is 0.228 e. The van der Waals surface area contributed by atoms with E-state index in [0.29, 0.717) is 25.0 Å². The van der Waals surface area contributed by atoms with Crippen LogP contribution >= 0.6 is 0 Å².